The predicted octanol–water partition coefficient (Wildman–Crippen LogP) is 1.88. The number of carbonyl (C=O) groups is 1. The van der Waals surface area contributed by atoms with E-state index in [1.807, 2.05) is 78.9 Å². The maximum atomic E-state index is 11.8. The minimum atomic E-state index is -0.0346. The lowest BCUT2D eigenvalue weighted by Crippen LogP contribution is -3.00. The number of anilines is 1. The lowest BCUT2D eigenvalue weighted by Gasteiger charge is -2.15. The van der Waals surface area contributed by atoms with Crippen LogP contribution in [0.25, 0.3) is 17.2 Å². The molecule has 0 unspecified atom stereocenters. The van der Waals surface area contributed by atoms with E-state index in [1.54, 1.807) is 18.0 Å². The van der Waals surface area contributed by atoms with Gasteiger partial charge in [-0.05, 0) is 31.2 Å². The van der Waals surface area contributed by atoms with Crippen molar-refractivity contribution in [2.75, 3.05) is 4.90 Å². The molecule has 0 saturated heterocycles. The number of amides is 1. The molecule has 0 spiro atoms. The lowest BCUT2D eigenvalue weighted by atomic mass is 10.3. The smallest absolute Gasteiger partial charge is 0.374 e. The Morgan fingerprint density at radius 3 is 2.39 bits per heavy atom. The van der Waals surface area contributed by atoms with Gasteiger partial charge in [0.2, 0.25) is 11.5 Å². The van der Waals surface area contributed by atoms with Gasteiger partial charge in [-0.2, -0.15) is 4.57 Å². The van der Waals surface area contributed by atoms with E-state index in [9.17, 15) is 4.79 Å². The normalized spacial score (nSPS) is 11.5. The van der Waals surface area contributed by atoms with Gasteiger partial charge in [-0.25, -0.2) is 0 Å². The largest absolute Gasteiger partial charge is 1.00 e. The molecule has 2 aromatic carbocycles. The van der Waals surface area contributed by atoms with Crippen LogP contribution < -0.4 is 33.4 Å². The molecule has 4 nitrogen and oxygen atoms in total. The topological polar surface area (TPSA) is 37.3 Å². The molecule has 1 amide bonds. The molecule has 0 aliphatic rings. The Bertz CT molecular complexity index is 1000. The molecule has 0 fully saturated rings. The van der Waals surface area contributed by atoms with E-state index >= 15 is 0 Å². The first kappa shape index (κ1) is 21.6. The van der Waals surface area contributed by atoms with Gasteiger partial charge < -0.3 is 28.4 Å². The fourth-order valence-corrected chi connectivity index (χ4v) is 2.87. The van der Waals surface area contributed by atoms with Gasteiger partial charge in [0.15, 0.2) is 0 Å². The lowest BCUT2D eigenvalue weighted by molar-refractivity contribution is -0.674. The summed E-state index contributed by atoms with van der Waals surface area (Å²) in [4.78, 5) is 13.4. The maximum absolute atomic E-state index is 11.8. The molecule has 1 aromatic heterocycles. The van der Waals surface area contributed by atoms with E-state index in [4.69, 9.17) is 4.42 Å². The maximum Gasteiger partial charge on any atom is 0.374 e. The number of nitrogens with zero attached hydrogens (tertiary/aromatic N) is 2. The molecule has 0 aliphatic carbocycles. The quantitative estimate of drug-likeness (QED) is 0.303. The van der Waals surface area contributed by atoms with Gasteiger partial charge in [0.1, 0.15) is 6.54 Å². The van der Waals surface area contributed by atoms with E-state index in [0.29, 0.717) is 0 Å². The van der Waals surface area contributed by atoms with Crippen LogP contribution in [-0.2, 0) is 11.3 Å². The number of para-hydroxylation sites is 3. The second-order valence-electron chi connectivity index (χ2n) is 5.96. The zero-order valence-electron chi connectivity index (χ0n) is 16.0. The Balaban J connectivity index is 0.00000280. The molecular weight excluding hydrogens is 463 g/mol. The van der Waals surface area contributed by atoms with Crippen molar-refractivity contribution in [2.45, 2.75) is 20.4 Å². The van der Waals surface area contributed by atoms with Crippen LogP contribution >= 0.6 is 0 Å². The fraction of sp³-hybridized carbons (Fsp3) is 0.130. The summed E-state index contributed by atoms with van der Waals surface area (Å²) in [6, 6.07) is 17.6. The third kappa shape index (κ3) is 5.19. The van der Waals surface area contributed by atoms with E-state index < -0.39 is 0 Å². The third-order valence-corrected chi connectivity index (χ3v) is 4.13. The summed E-state index contributed by atoms with van der Waals surface area (Å²) in [5.41, 5.74) is 2.81. The number of hydrogen-bond donors (Lipinski definition) is 0. The molecule has 0 saturated carbocycles. The van der Waals surface area contributed by atoms with E-state index in [0.717, 1.165) is 29.2 Å². The first-order valence-corrected chi connectivity index (χ1v) is 8.98. The van der Waals surface area contributed by atoms with Gasteiger partial charge in [-0.1, -0.05) is 48.6 Å². The van der Waals surface area contributed by atoms with Gasteiger partial charge in [-0.15, -0.1) is 0 Å². The fourth-order valence-electron chi connectivity index (χ4n) is 2.87. The van der Waals surface area contributed by atoms with Gasteiger partial charge in [0, 0.05) is 24.9 Å². The monoisotopic (exact) mass is 486 g/mol. The number of aromatic nitrogens is 1. The van der Waals surface area contributed by atoms with Crippen LogP contribution in [0.5, 0.6) is 0 Å². The summed E-state index contributed by atoms with van der Waals surface area (Å²) < 4.78 is 8.02. The van der Waals surface area contributed by atoms with Crippen LogP contribution in [0.4, 0.5) is 5.69 Å². The SMILES string of the molecule is CC[n+]1c(C=CC=CC=CN(C(C)=O)c2ccccc2)oc2ccccc21.[I-]. The minimum Gasteiger partial charge on any atom is -1.00 e. The van der Waals surface area contributed by atoms with Crippen molar-refractivity contribution in [2.24, 2.45) is 0 Å². The number of rotatable bonds is 6. The van der Waals surface area contributed by atoms with Gasteiger partial charge in [0.05, 0.1) is 6.08 Å². The number of hydrogen-bond acceptors (Lipinski definition) is 2. The molecular formula is C23H23IN2O2. The number of carbonyl (C=O) groups excluding carboxylic acids is 1. The molecule has 28 heavy (non-hydrogen) atoms. The third-order valence-electron chi connectivity index (χ3n) is 4.13. The van der Waals surface area contributed by atoms with Crippen LogP contribution in [0.15, 0.2) is 89.5 Å². The average Bonchev–Trinajstić information content (AvgIpc) is 3.05. The first-order valence-electron chi connectivity index (χ1n) is 8.98. The Labute approximate surface area is 182 Å². The molecule has 0 atom stereocenters. The van der Waals surface area contributed by atoms with Crippen molar-refractivity contribution in [3.8, 4) is 0 Å². The van der Waals surface area contributed by atoms with E-state index in [-0.39, 0.29) is 29.9 Å². The number of oxazole rings is 1. The Morgan fingerprint density at radius 1 is 1.00 bits per heavy atom. The second kappa shape index (κ2) is 10.6. The summed E-state index contributed by atoms with van der Waals surface area (Å²) in [5, 5.41) is 0. The number of allylic oxidation sites excluding steroid dienone is 4. The van der Waals surface area contributed by atoms with E-state index in [1.165, 1.54) is 0 Å². The van der Waals surface area contributed by atoms with Crippen molar-refractivity contribution >= 4 is 28.8 Å². The number of benzene rings is 2. The highest BCUT2D eigenvalue weighted by Crippen LogP contribution is 2.15. The Hall–Kier alpha value is -2.67. The molecule has 5 heteroatoms. The molecule has 144 valence electrons. The molecule has 1 heterocycles. The van der Waals surface area contributed by atoms with Gasteiger partial charge in [0.25, 0.3) is 5.52 Å². The highest BCUT2D eigenvalue weighted by atomic mass is 127. The van der Waals surface area contributed by atoms with Gasteiger partial charge in [-0.3, -0.25) is 9.69 Å². The number of fused-ring (bicyclic) bond motifs is 1. The predicted molar refractivity (Wildman–Crippen MR) is 109 cm³/mol. The van der Waals surface area contributed by atoms with Crippen molar-refractivity contribution in [1.29, 1.82) is 0 Å². The van der Waals surface area contributed by atoms with Crippen molar-refractivity contribution in [1.82, 2.24) is 0 Å². The Kier molecular flexibility index (Phi) is 8.19. The second-order valence-corrected chi connectivity index (χ2v) is 5.96. The van der Waals surface area contributed by atoms with Crippen LogP contribution in [0.3, 0.4) is 0 Å². The van der Waals surface area contributed by atoms with Crippen LogP contribution in [0.1, 0.15) is 19.7 Å². The summed E-state index contributed by atoms with van der Waals surface area (Å²) in [6.45, 7) is 4.48. The highest BCUT2D eigenvalue weighted by Gasteiger charge is 2.17. The van der Waals surface area contributed by atoms with Crippen molar-refractivity contribution in [3.05, 3.63) is 91.0 Å². The van der Waals surface area contributed by atoms with Gasteiger partial charge >= 0.3 is 5.89 Å². The van der Waals surface area contributed by atoms with Crippen LogP contribution in [-0.4, -0.2) is 5.91 Å². The summed E-state index contributed by atoms with van der Waals surface area (Å²) >= 11 is 0. The van der Waals surface area contributed by atoms with Crippen molar-refractivity contribution in [3.63, 3.8) is 0 Å². The van der Waals surface area contributed by atoms with Crippen LogP contribution in [0, 0.1) is 0 Å². The highest BCUT2D eigenvalue weighted by molar-refractivity contribution is 5.93. The number of aryl methyl sites for hydroxylation is 1. The molecule has 0 aliphatic heterocycles. The van der Waals surface area contributed by atoms with E-state index in [2.05, 4.69) is 17.6 Å². The summed E-state index contributed by atoms with van der Waals surface area (Å²) in [6.07, 6.45) is 11.3. The summed E-state index contributed by atoms with van der Waals surface area (Å²) in [7, 11) is 0. The summed E-state index contributed by atoms with van der Waals surface area (Å²) in [5.74, 6) is 0.773. The van der Waals surface area contributed by atoms with Crippen LogP contribution in [0.2, 0.25) is 0 Å². The molecule has 0 bridgehead atoms. The number of halogens is 1. The first-order chi connectivity index (χ1) is 13.2. The molecule has 3 rings (SSSR count). The van der Waals surface area contributed by atoms with Crippen molar-refractivity contribution < 1.29 is 37.8 Å². The molecule has 0 N–H and O–H groups in total. The molecule has 0 radical (unpaired) electrons. The minimum absolute atomic E-state index is 0. The standard InChI is InChI=1S/C23H23N2O2.HI/c1-3-24-21-15-10-11-16-22(21)27-23(24)17-9-4-5-12-18-25(19(2)26)20-13-7-6-8-14-20;/h4-18H,3H2,1-2H3;1H/q+1;/p-1. The molecule has 3 aromatic rings. The zero-order chi connectivity index (χ0) is 19.1. The zero-order valence-corrected chi connectivity index (χ0v) is 18.1. The average molecular weight is 486 g/mol. The Morgan fingerprint density at radius 2 is 1.68 bits per heavy atom.